The summed E-state index contributed by atoms with van der Waals surface area (Å²) in [7, 11) is 0. The van der Waals surface area contributed by atoms with E-state index in [9.17, 15) is 13.9 Å². The molecule has 1 saturated carbocycles. The zero-order valence-electron chi connectivity index (χ0n) is 9.40. The molecule has 5 heteroatoms. The Hall–Kier alpha value is -1.20. The van der Waals surface area contributed by atoms with Crippen molar-refractivity contribution in [2.24, 2.45) is 0 Å². The summed E-state index contributed by atoms with van der Waals surface area (Å²) in [5.41, 5.74) is 0. The highest BCUT2D eigenvalue weighted by molar-refractivity contribution is 5.24. The molecule has 1 aliphatic rings. The van der Waals surface area contributed by atoms with Crippen LogP contribution in [0.3, 0.4) is 0 Å². The van der Waals surface area contributed by atoms with Crippen molar-refractivity contribution in [1.82, 2.24) is 0 Å². The first-order chi connectivity index (χ1) is 8.10. The fraction of sp³-hybridized carbons (Fsp3) is 0.500. The lowest BCUT2D eigenvalue weighted by molar-refractivity contribution is -0.160. The molecule has 2 rings (SSSR count). The smallest absolute Gasteiger partial charge is 0.130 e. The summed E-state index contributed by atoms with van der Waals surface area (Å²) in [4.78, 5) is 0. The third kappa shape index (κ3) is 2.73. The van der Waals surface area contributed by atoms with Gasteiger partial charge in [0.1, 0.15) is 29.6 Å². The fourth-order valence-corrected chi connectivity index (χ4v) is 1.86. The number of rotatable bonds is 4. The quantitative estimate of drug-likeness (QED) is 0.879. The summed E-state index contributed by atoms with van der Waals surface area (Å²) in [6.45, 7) is 2.27. The molecule has 0 aromatic heterocycles. The normalized spacial score (nSPS) is 27.6. The Morgan fingerprint density at radius 3 is 2.47 bits per heavy atom. The van der Waals surface area contributed by atoms with Crippen LogP contribution in [0.2, 0.25) is 0 Å². The molecule has 1 aromatic carbocycles. The second kappa shape index (κ2) is 4.98. The van der Waals surface area contributed by atoms with E-state index in [-0.39, 0.29) is 11.9 Å². The van der Waals surface area contributed by atoms with Gasteiger partial charge in [-0.25, -0.2) is 8.78 Å². The van der Waals surface area contributed by atoms with Crippen LogP contribution >= 0.6 is 0 Å². The standard InChI is InChI=1S/C12H14F2O3/c1-2-16-12-10(15)6-11(12)17-9-4-7(13)3-8(14)5-9/h3-5,10-12,15H,2,6H2,1H3. The minimum absolute atomic E-state index is 0.115. The van der Waals surface area contributed by atoms with Crippen molar-refractivity contribution in [3.63, 3.8) is 0 Å². The Balaban J connectivity index is 2.01. The zero-order valence-corrected chi connectivity index (χ0v) is 9.40. The Kier molecular flexibility index (Phi) is 3.59. The number of aliphatic hydroxyl groups is 1. The van der Waals surface area contributed by atoms with Gasteiger partial charge in [-0.1, -0.05) is 0 Å². The summed E-state index contributed by atoms with van der Waals surface area (Å²) in [6.07, 6.45) is -0.946. The molecule has 1 aliphatic carbocycles. The highest BCUT2D eigenvalue weighted by atomic mass is 19.1. The number of ether oxygens (including phenoxy) is 2. The second-order valence-corrected chi connectivity index (χ2v) is 3.98. The molecule has 94 valence electrons. The topological polar surface area (TPSA) is 38.7 Å². The molecule has 3 nitrogen and oxygen atoms in total. The van der Waals surface area contributed by atoms with Gasteiger partial charge < -0.3 is 14.6 Å². The van der Waals surface area contributed by atoms with Crippen LogP contribution in [0, 0.1) is 11.6 Å². The second-order valence-electron chi connectivity index (χ2n) is 3.98. The molecule has 0 radical (unpaired) electrons. The molecular formula is C12H14F2O3. The SMILES string of the molecule is CCOC1C(O)CC1Oc1cc(F)cc(F)c1. The van der Waals surface area contributed by atoms with Crippen LogP contribution in [-0.4, -0.2) is 30.0 Å². The molecule has 1 fully saturated rings. The van der Waals surface area contributed by atoms with E-state index in [4.69, 9.17) is 9.47 Å². The van der Waals surface area contributed by atoms with Gasteiger partial charge in [-0.05, 0) is 6.92 Å². The third-order valence-corrected chi connectivity index (χ3v) is 2.70. The molecular weight excluding hydrogens is 230 g/mol. The van der Waals surface area contributed by atoms with Gasteiger partial charge in [0.15, 0.2) is 0 Å². The average Bonchev–Trinajstić information content (AvgIpc) is 2.24. The Bertz CT molecular complexity index is 377. The lowest BCUT2D eigenvalue weighted by Crippen LogP contribution is -2.55. The van der Waals surface area contributed by atoms with Crippen LogP contribution < -0.4 is 4.74 Å². The summed E-state index contributed by atoms with van der Waals surface area (Å²) in [5, 5.41) is 9.44. The van der Waals surface area contributed by atoms with E-state index in [1.807, 2.05) is 6.92 Å². The van der Waals surface area contributed by atoms with Gasteiger partial charge in [0.2, 0.25) is 0 Å². The number of benzene rings is 1. The van der Waals surface area contributed by atoms with E-state index in [1.165, 1.54) is 0 Å². The van der Waals surface area contributed by atoms with Gasteiger partial charge in [-0.3, -0.25) is 0 Å². The fourth-order valence-electron chi connectivity index (χ4n) is 1.86. The third-order valence-electron chi connectivity index (χ3n) is 2.70. The molecule has 17 heavy (non-hydrogen) atoms. The molecule has 3 unspecified atom stereocenters. The van der Waals surface area contributed by atoms with Gasteiger partial charge in [0.25, 0.3) is 0 Å². The molecule has 3 atom stereocenters. The van der Waals surface area contributed by atoms with Crippen LogP contribution in [0.25, 0.3) is 0 Å². The molecule has 0 saturated heterocycles. The van der Waals surface area contributed by atoms with Crippen molar-refractivity contribution < 1.29 is 23.4 Å². The minimum Gasteiger partial charge on any atom is -0.487 e. The average molecular weight is 244 g/mol. The summed E-state index contributed by atoms with van der Waals surface area (Å²) in [6, 6.07) is 3.00. The van der Waals surface area contributed by atoms with E-state index in [0.717, 1.165) is 18.2 Å². The Labute approximate surface area is 98.0 Å². The van der Waals surface area contributed by atoms with Crippen molar-refractivity contribution in [2.45, 2.75) is 31.7 Å². The molecule has 1 aromatic rings. The van der Waals surface area contributed by atoms with E-state index in [0.29, 0.717) is 13.0 Å². The van der Waals surface area contributed by atoms with Crippen molar-refractivity contribution in [3.8, 4) is 5.75 Å². The predicted molar refractivity (Wildman–Crippen MR) is 56.8 cm³/mol. The summed E-state index contributed by atoms with van der Waals surface area (Å²) in [5.74, 6) is -1.26. The highest BCUT2D eigenvalue weighted by Gasteiger charge is 2.42. The maximum Gasteiger partial charge on any atom is 0.130 e. The molecule has 0 bridgehead atoms. The van der Waals surface area contributed by atoms with Crippen molar-refractivity contribution in [1.29, 1.82) is 0 Å². The van der Waals surface area contributed by atoms with Crippen LogP contribution in [-0.2, 0) is 4.74 Å². The first-order valence-corrected chi connectivity index (χ1v) is 5.52. The minimum atomic E-state index is -0.687. The monoisotopic (exact) mass is 244 g/mol. The molecule has 0 amide bonds. The maximum atomic E-state index is 12.9. The van der Waals surface area contributed by atoms with Crippen LogP contribution in [0.4, 0.5) is 8.78 Å². The first-order valence-electron chi connectivity index (χ1n) is 5.52. The molecule has 0 spiro atoms. The highest BCUT2D eigenvalue weighted by Crippen LogP contribution is 2.29. The van der Waals surface area contributed by atoms with E-state index in [2.05, 4.69) is 0 Å². The van der Waals surface area contributed by atoms with Gasteiger partial charge >= 0.3 is 0 Å². The van der Waals surface area contributed by atoms with E-state index >= 15 is 0 Å². The van der Waals surface area contributed by atoms with Gasteiger partial charge in [-0.2, -0.15) is 0 Å². The zero-order chi connectivity index (χ0) is 12.4. The van der Waals surface area contributed by atoms with Gasteiger partial charge in [0, 0.05) is 31.2 Å². The van der Waals surface area contributed by atoms with Crippen LogP contribution in [0.5, 0.6) is 5.75 Å². The maximum absolute atomic E-state index is 12.9. The van der Waals surface area contributed by atoms with E-state index in [1.54, 1.807) is 0 Å². The van der Waals surface area contributed by atoms with Crippen LogP contribution in [0.15, 0.2) is 18.2 Å². The van der Waals surface area contributed by atoms with Crippen molar-refractivity contribution in [3.05, 3.63) is 29.8 Å². The van der Waals surface area contributed by atoms with Crippen LogP contribution in [0.1, 0.15) is 13.3 Å². The van der Waals surface area contributed by atoms with Crippen molar-refractivity contribution in [2.75, 3.05) is 6.61 Å². The predicted octanol–water partition coefficient (Wildman–Crippen LogP) is 1.88. The number of halogens is 2. The van der Waals surface area contributed by atoms with Crippen molar-refractivity contribution >= 4 is 0 Å². The molecule has 1 N–H and O–H groups in total. The lowest BCUT2D eigenvalue weighted by Gasteiger charge is -2.40. The molecule has 0 aliphatic heterocycles. The Morgan fingerprint density at radius 1 is 1.29 bits per heavy atom. The lowest BCUT2D eigenvalue weighted by atomic mass is 9.88. The largest absolute Gasteiger partial charge is 0.487 e. The number of hydrogen-bond acceptors (Lipinski definition) is 3. The van der Waals surface area contributed by atoms with E-state index < -0.39 is 23.8 Å². The van der Waals surface area contributed by atoms with Gasteiger partial charge in [0.05, 0.1) is 6.10 Å². The molecule has 0 heterocycles. The number of aliphatic hydroxyl groups excluding tert-OH is 1. The summed E-state index contributed by atoms with van der Waals surface area (Å²) < 4.78 is 36.5. The Morgan fingerprint density at radius 2 is 1.94 bits per heavy atom. The van der Waals surface area contributed by atoms with Gasteiger partial charge in [-0.15, -0.1) is 0 Å². The number of hydrogen-bond donors (Lipinski definition) is 1. The first kappa shape index (κ1) is 12.3. The summed E-state index contributed by atoms with van der Waals surface area (Å²) >= 11 is 0.